The van der Waals surface area contributed by atoms with Gasteiger partial charge in [0.2, 0.25) is 15.9 Å². The van der Waals surface area contributed by atoms with Crippen molar-refractivity contribution in [2.24, 2.45) is 0 Å². The number of nitrogens with zero attached hydrogens (tertiary/aromatic N) is 1. The van der Waals surface area contributed by atoms with E-state index in [1.807, 2.05) is 54.6 Å². The van der Waals surface area contributed by atoms with Gasteiger partial charge < -0.3 is 9.52 Å². The SMILES string of the molecule is CS(=O)(=O)N(CC(=O)O)c1oc2ccccc2c1Cc1ccc2ccccc2c1. The van der Waals surface area contributed by atoms with Crippen LogP contribution in [0, 0.1) is 0 Å². The van der Waals surface area contributed by atoms with E-state index in [2.05, 4.69) is 0 Å². The third-order valence-corrected chi connectivity index (χ3v) is 5.87. The molecule has 0 aliphatic rings. The molecule has 0 amide bonds. The number of hydrogen-bond donors (Lipinski definition) is 1. The van der Waals surface area contributed by atoms with Crippen molar-refractivity contribution in [3.8, 4) is 0 Å². The number of carboxylic acids is 1. The lowest BCUT2D eigenvalue weighted by molar-refractivity contribution is -0.135. The van der Waals surface area contributed by atoms with Crippen LogP contribution in [0.1, 0.15) is 11.1 Å². The highest BCUT2D eigenvalue weighted by Gasteiger charge is 2.28. The van der Waals surface area contributed by atoms with Crippen molar-refractivity contribution >= 4 is 43.6 Å². The van der Waals surface area contributed by atoms with Gasteiger partial charge in [-0.05, 0) is 22.4 Å². The minimum absolute atomic E-state index is 0.0456. The van der Waals surface area contributed by atoms with Gasteiger partial charge in [-0.3, -0.25) is 4.79 Å². The Labute approximate surface area is 168 Å². The minimum Gasteiger partial charge on any atom is -0.480 e. The summed E-state index contributed by atoms with van der Waals surface area (Å²) in [7, 11) is -3.85. The van der Waals surface area contributed by atoms with E-state index in [9.17, 15) is 18.3 Å². The molecule has 3 aromatic carbocycles. The second kappa shape index (κ2) is 7.25. The van der Waals surface area contributed by atoms with Gasteiger partial charge >= 0.3 is 5.97 Å². The molecule has 0 bridgehead atoms. The average molecular weight is 409 g/mol. The number of anilines is 1. The summed E-state index contributed by atoms with van der Waals surface area (Å²) in [5.41, 5.74) is 2.13. The fraction of sp³-hybridized carbons (Fsp3) is 0.136. The Morgan fingerprint density at radius 2 is 1.69 bits per heavy atom. The predicted octanol–water partition coefficient (Wildman–Crippen LogP) is 4.03. The van der Waals surface area contributed by atoms with Crippen LogP contribution < -0.4 is 4.31 Å². The number of furan rings is 1. The van der Waals surface area contributed by atoms with Gasteiger partial charge in [0.1, 0.15) is 12.1 Å². The van der Waals surface area contributed by atoms with E-state index in [4.69, 9.17) is 4.42 Å². The van der Waals surface area contributed by atoms with Crippen LogP contribution in [0.5, 0.6) is 0 Å². The first-order chi connectivity index (χ1) is 13.8. The van der Waals surface area contributed by atoms with Crippen molar-refractivity contribution in [2.75, 3.05) is 17.1 Å². The third-order valence-electron chi connectivity index (χ3n) is 4.78. The Balaban J connectivity index is 1.87. The first-order valence-electron chi connectivity index (χ1n) is 9.00. The molecular weight excluding hydrogens is 390 g/mol. The lowest BCUT2D eigenvalue weighted by atomic mass is 10.00. The number of para-hydroxylation sites is 1. The number of hydrogen-bond acceptors (Lipinski definition) is 4. The average Bonchev–Trinajstić information content (AvgIpc) is 3.03. The van der Waals surface area contributed by atoms with Crippen molar-refractivity contribution in [3.63, 3.8) is 0 Å². The normalized spacial score (nSPS) is 11.8. The molecule has 1 heterocycles. The molecule has 0 unspecified atom stereocenters. The Morgan fingerprint density at radius 1 is 1.00 bits per heavy atom. The summed E-state index contributed by atoms with van der Waals surface area (Å²) in [6.45, 7) is -0.705. The number of benzene rings is 3. The largest absolute Gasteiger partial charge is 0.480 e. The monoisotopic (exact) mass is 409 g/mol. The maximum absolute atomic E-state index is 12.3. The van der Waals surface area contributed by atoms with Crippen LogP contribution in [-0.2, 0) is 21.2 Å². The van der Waals surface area contributed by atoms with Gasteiger partial charge in [0, 0.05) is 17.4 Å². The molecule has 0 atom stereocenters. The smallest absolute Gasteiger partial charge is 0.324 e. The van der Waals surface area contributed by atoms with Gasteiger partial charge in [-0.25, -0.2) is 12.7 Å². The van der Waals surface area contributed by atoms with E-state index in [1.54, 1.807) is 12.1 Å². The molecule has 0 fully saturated rings. The van der Waals surface area contributed by atoms with E-state index in [-0.39, 0.29) is 5.88 Å². The second-order valence-electron chi connectivity index (χ2n) is 6.90. The molecule has 0 aliphatic heterocycles. The van der Waals surface area contributed by atoms with Gasteiger partial charge in [0.15, 0.2) is 0 Å². The van der Waals surface area contributed by atoms with E-state index in [0.29, 0.717) is 17.6 Å². The molecule has 0 radical (unpaired) electrons. The van der Waals surface area contributed by atoms with Crippen molar-refractivity contribution in [1.82, 2.24) is 0 Å². The van der Waals surface area contributed by atoms with Crippen LogP contribution in [0.25, 0.3) is 21.7 Å². The topological polar surface area (TPSA) is 87.8 Å². The molecule has 148 valence electrons. The van der Waals surface area contributed by atoms with E-state index < -0.39 is 22.5 Å². The molecule has 1 aromatic heterocycles. The van der Waals surface area contributed by atoms with Crippen LogP contribution in [0.3, 0.4) is 0 Å². The molecule has 0 aliphatic carbocycles. The van der Waals surface area contributed by atoms with Crippen molar-refractivity contribution in [3.05, 3.63) is 77.9 Å². The molecule has 7 heteroatoms. The molecule has 1 N–H and O–H groups in total. The number of aliphatic carboxylic acids is 1. The standard InChI is InChI=1S/C22H19NO5S/c1-29(26,27)23(14-21(24)25)22-19(18-8-4-5-9-20(18)28-22)13-15-10-11-16-6-2-3-7-17(16)12-15/h2-12H,13-14H2,1H3,(H,24,25). The molecule has 6 nitrogen and oxygen atoms in total. The first kappa shape index (κ1) is 19.0. The molecule has 29 heavy (non-hydrogen) atoms. The summed E-state index contributed by atoms with van der Waals surface area (Å²) in [6, 6.07) is 21.2. The predicted molar refractivity (Wildman–Crippen MR) is 113 cm³/mol. The number of fused-ring (bicyclic) bond motifs is 2. The lowest BCUT2D eigenvalue weighted by Crippen LogP contribution is -2.35. The third kappa shape index (κ3) is 3.82. The summed E-state index contributed by atoms with van der Waals surface area (Å²) >= 11 is 0. The molecule has 4 aromatic rings. The van der Waals surface area contributed by atoms with E-state index in [1.165, 1.54) is 0 Å². The van der Waals surface area contributed by atoms with Crippen LogP contribution >= 0.6 is 0 Å². The Morgan fingerprint density at radius 3 is 2.41 bits per heavy atom. The Bertz CT molecular complexity index is 1320. The van der Waals surface area contributed by atoms with Crippen molar-refractivity contribution in [2.45, 2.75) is 6.42 Å². The van der Waals surface area contributed by atoms with Crippen LogP contribution in [-0.4, -0.2) is 32.3 Å². The maximum Gasteiger partial charge on any atom is 0.324 e. The van der Waals surface area contributed by atoms with Crippen molar-refractivity contribution in [1.29, 1.82) is 0 Å². The molecule has 0 saturated heterocycles. The number of carboxylic acid groups (broad SMARTS) is 1. The number of sulfonamides is 1. The number of rotatable bonds is 6. The fourth-order valence-electron chi connectivity index (χ4n) is 3.47. The molecule has 0 saturated carbocycles. The highest BCUT2D eigenvalue weighted by molar-refractivity contribution is 7.92. The van der Waals surface area contributed by atoms with Crippen LogP contribution in [0.15, 0.2) is 71.1 Å². The zero-order chi connectivity index (χ0) is 20.6. The lowest BCUT2D eigenvalue weighted by Gasteiger charge is -2.19. The van der Waals surface area contributed by atoms with Crippen LogP contribution in [0.2, 0.25) is 0 Å². The van der Waals surface area contributed by atoms with Gasteiger partial charge in [0.25, 0.3) is 0 Å². The summed E-state index contributed by atoms with van der Waals surface area (Å²) in [5, 5.41) is 12.2. The second-order valence-corrected chi connectivity index (χ2v) is 8.81. The van der Waals surface area contributed by atoms with Gasteiger partial charge in [-0.15, -0.1) is 0 Å². The highest BCUT2D eigenvalue weighted by Crippen LogP contribution is 2.35. The highest BCUT2D eigenvalue weighted by atomic mass is 32.2. The summed E-state index contributed by atoms with van der Waals surface area (Å²) in [4.78, 5) is 11.3. The van der Waals surface area contributed by atoms with Gasteiger partial charge in [-0.1, -0.05) is 60.7 Å². The van der Waals surface area contributed by atoms with Gasteiger partial charge in [-0.2, -0.15) is 0 Å². The zero-order valence-corrected chi connectivity index (χ0v) is 16.5. The zero-order valence-electron chi connectivity index (χ0n) is 15.7. The molecule has 0 spiro atoms. The van der Waals surface area contributed by atoms with E-state index >= 15 is 0 Å². The molecular formula is C22H19NO5S. The quantitative estimate of drug-likeness (QED) is 0.520. The van der Waals surface area contributed by atoms with Crippen molar-refractivity contribution < 1.29 is 22.7 Å². The summed E-state index contributed by atoms with van der Waals surface area (Å²) < 4.78 is 31.3. The van der Waals surface area contributed by atoms with Gasteiger partial charge in [0.05, 0.1) is 6.26 Å². The maximum atomic E-state index is 12.3. The Kier molecular flexibility index (Phi) is 4.76. The van der Waals surface area contributed by atoms with Crippen LogP contribution in [0.4, 0.5) is 5.88 Å². The van der Waals surface area contributed by atoms with E-state index in [0.717, 1.165) is 32.3 Å². The fourth-order valence-corrected chi connectivity index (χ4v) is 4.27. The Hall–Kier alpha value is -3.32. The molecule has 4 rings (SSSR count). The minimum atomic E-state index is -3.85. The first-order valence-corrected chi connectivity index (χ1v) is 10.9. The summed E-state index contributed by atoms with van der Waals surface area (Å²) in [6.07, 6.45) is 1.38. The number of carbonyl (C=O) groups is 1. The summed E-state index contributed by atoms with van der Waals surface area (Å²) in [5.74, 6) is -1.21.